The average Bonchev–Trinajstić information content (AvgIpc) is 3.60. The monoisotopic (exact) mass is 437 g/mol. The van der Waals surface area contributed by atoms with E-state index in [4.69, 9.17) is 4.74 Å². The Morgan fingerprint density at radius 3 is 2.36 bits per heavy atom. The fourth-order valence-corrected chi connectivity index (χ4v) is 6.08. The van der Waals surface area contributed by atoms with Crippen LogP contribution in [0.2, 0.25) is 0 Å². The number of nitrogens with zero attached hydrogens (tertiary/aromatic N) is 5. The molecule has 6 rings (SSSR count). The Hall–Kier alpha value is -3.54. The Labute approximate surface area is 193 Å². The van der Waals surface area contributed by atoms with Crippen molar-refractivity contribution in [2.24, 2.45) is 18.9 Å². The summed E-state index contributed by atoms with van der Waals surface area (Å²) in [5, 5.41) is 11.9. The first-order valence-corrected chi connectivity index (χ1v) is 11.7. The lowest BCUT2D eigenvalue weighted by Gasteiger charge is -2.39. The van der Waals surface area contributed by atoms with Gasteiger partial charge in [-0.05, 0) is 76.9 Å². The highest BCUT2D eigenvalue weighted by atomic mass is 16.5. The summed E-state index contributed by atoms with van der Waals surface area (Å²) in [4.78, 5) is 4.34. The molecule has 0 amide bonds. The Morgan fingerprint density at radius 1 is 0.970 bits per heavy atom. The fourth-order valence-electron chi connectivity index (χ4n) is 6.08. The van der Waals surface area contributed by atoms with Gasteiger partial charge in [0.2, 0.25) is 0 Å². The highest BCUT2D eigenvalue weighted by Gasteiger charge is 2.52. The molecule has 2 heterocycles. The number of benzene rings is 2. The topological polar surface area (TPSA) is 65.7 Å². The largest absolute Gasteiger partial charge is 0.487 e. The molecular formula is C27H27N5O. The highest BCUT2D eigenvalue weighted by molar-refractivity contribution is 5.57. The maximum Gasteiger partial charge on any atom is 0.181 e. The van der Waals surface area contributed by atoms with Crippen molar-refractivity contribution in [3.63, 3.8) is 0 Å². The lowest BCUT2D eigenvalue weighted by molar-refractivity contribution is 0.299. The van der Waals surface area contributed by atoms with Crippen LogP contribution in [0.4, 0.5) is 0 Å². The first-order valence-electron chi connectivity index (χ1n) is 11.7. The molecule has 0 N–H and O–H groups in total. The molecule has 33 heavy (non-hydrogen) atoms. The van der Waals surface area contributed by atoms with Crippen LogP contribution in [0, 0.1) is 11.8 Å². The van der Waals surface area contributed by atoms with E-state index in [0.717, 1.165) is 28.7 Å². The van der Waals surface area contributed by atoms with Gasteiger partial charge in [0.25, 0.3) is 0 Å². The molecule has 0 aliphatic heterocycles. The fraction of sp³-hybridized carbons (Fsp3) is 0.333. The van der Waals surface area contributed by atoms with Crippen LogP contribution in [0.1, 0.15) is 42.5 Å². The number of aromatic nitrogens is 5. The normalized spacial score (nSPS) is 23.7. The molecule has 6 heteroatoms. The smallest absolute Gasteiger partial charge is 0.181 e. The number of aryl methyl sites for hydroxylation is 1. The predicted molar refractivity (Wildman–Crippen MR) is 125 cm³/mol. The number of pyridine rings is 1. The van der Waals surface area contributed by atoms with E-state index in [2.05, 4.69) is 69.0 Å². The molecule has 2 fully saturated rings. The van der Waals surface area contributed by atoms with Crippen molar-refractivity contribution < 1.29 is 4.74 Å². The first kappa shape index (κ1) is 20.1. The molecule has 166 valence electrons. The second-order valence-corrected chi connectivity index (χ2v) is 9.39. The van der Waals surface area contributed by atoms with Crippen LogP contribution < -0.4 is 4.74 Å². The number of tetrazole rings is 1. The summed E-state index contributed by atoms with van der Waals surface area (Å²) in [7, 11) is 1.87. The van der Waals surface area contributed by atoms with E-state index < -0.39 is 0 Å². The summed E-state index contributed by atoms with van der Waals surface area (Å²) in [5.41, 5.74) is 4.84. The second kappa shape index (κ2) is 8.10. The SMILES string of the molecule is Cn1nnnc1-c1ccc(C2(c3ccc(OCc4ccccn4)cc3)CC3CCC2C3)cc1. The van der Waals surface area contributed by atoms with Gasteiger partial charge in [0.1, 0.15) is 12.4 Å². The van der Waals surface area contributed by atoms with E-state index in [1.54, 1.807) is 10.9 Å². The van der Waals surface area contributed by atoms with E-state index in [-0.39, 0.29) is 5.41 Å². The molecule has 0 saturated heterocycles. The van der Waals surface area contributed by atoms with Crippen LogP contribution in [0.3, 0.4) is 0 Å². The van der Waals surface area contributed by atoms with Crippen LogP contribution in [0.5, 0.6) is 5.75 Å². The van der Waals surface area contributed by atoms with Gasteiger partial charge >= 0.3 is 0 Å². The van der Waals surface area contributed by atoms with Gasteiger partial charge in [0, 0.05) is 24.2 Å². The summed E-state index contributed by atoms with van der Waals surface area (Å²) in [6, 6.07) is 23.6. The molecule has 4 aromatic rings. The molecule has 2 aliphatic carbocycles. The minimum absolute atomic E-state index is 0.0686. The van der Waals surface area contributed by atoms with E-state index in [9.17, 15) is 0 Å². The third kappa shape index (κ3) is 3.50. The van der Waals surface area contributed by atoms with Gasteiger partial charge < -0.3 is 4.74 Å². The zero-order valence-corrected chi connectivity index (χ0v) is 18.8. The van der Waals surface area contributed by atoms with Crippen molar-refractivity contribution in [2.75, 3.05) is 0 Å². The molecule has 0 spiro atoms. The first-order chi connectivity index (χ1) is 16.2. The van der Waals surface area contributed by atoms with Gasteiger partial charge in [0.05, 0.1) is 5.69 Å². The summed E-state index contributed by atoms with van der Waals surface area (Å²) >= 11 is 0. The predicted octanol–water partition coefficient (Wildman–Crippen LogP) is 4.96. The van der Waals surface area contributed by atoms with Crippen molar-refractivity contribution >= 4 is 0 Å². The third-order valence-corrected chi connectivity index (χ3v) is 7.61. The van der Waals surface area contributed by atoms with Crippen LogP contribution >= 0.6 is 0 Å². The Balaban J connectivity index is 1.30. The Bertz CT molecular complexity index is 1240. The van der Waals surface area contributed by atoms with Crippen molar-refractivity contribution in [3.8, 4) is 17.1 Å². The average molecular weight is 438 g/mol. The van der Waals surface area contributed by atoms with E-state index >= 15 is 0 Å². The maximum absolute atomic E-state index is 5.99. The van der Waals surface area contributed by atoms with E-state index in [0.29, 0.717) is 12.5 Å². The minimum Gasteiger partial charge on any atom is -0.487 e. The highest BCUT2D eigenvalue weighted by Crippen LogP contribution is 2.60. The lowest BCUT2D eigenvalue weighted by Crippen LogP contribution is -2.34. The Morgan fingerprint density at radius 2 is 1.76 bits per heavy atom. The number of hydrogen-bond donors (Lipinski definition) is 0. The lowest BCUT2D eigenvalue weighted by atomic mass is 9.64. The van der Waals surface area contributed by atoms with Gasteiger partial charge in [-0.1, -0.05) is 48.9 Å². The third-order valence-electron chi connectivity index (χ3n) is 7.61. The number of ether oxygens (including phenoxy) is 1. The molecule has 2 aromatic heterocycles. The maximum atomic E-state index is 5.99. The Kier molecular flexibility index (Phi) is 4.93. The molecule has 2 saturated carbocycles. The van der Waals surface area contributed by atoms with Crippen LogP contribution in [-0.4, -0.2) is 25.2 Å². The molecule has 2 aromatic carbocycles. The number of rotatable bonds is 6. The second-order valence-electron chi connectivity index (χ2n) is 9.39. The molecule has 3 unspecified atom stereocenters. The molecule has 3 atom stereocenters. The quantitative estimate of drug-likeness (QED) is 0.427. The van der Waals surface area contributed by atoms with Crippen molar-refractivity contribution in [3.05, 3.63) is 89.7 Å². The summed E-state index contributed by atoms with van der Waals surface area (Å²) in [6.07, 6.45) is 7.01. The molecule has 2 bridgehead atoms. The van der Waals surface area contributed by atoms with Gasteiger partial charge in [-0.3, -0.25) is 4.98 Å². The van der Waals surface area contributed by atoms with Gasteiger partial charge in [-0.2, -0.15) is 0 Å². The summed E-state index contributed by atoms with van der Waals surface area (Å²) < 4.78 is 7.71. The molecular weight excluding hydrogens is 410 g/mol. The van der Waals surface area contributed by atoms with Crippen molar-refractivity contribution in [2.45, 2.75) is 37.7 Å². The summed E-state index contributed by atoms with van der Waals surface area (Å²) in [6.45, 7) is 0.481. The zero-order valence-electron chi connectivity index (χ0n) is 18.8. The number of hydrogen-bond acceptors (Lipinski definition) is 5. The van der Waals surface area contributed by atoms with Gasteiger partial charge in [-0.25, -0.2) is 4.68 Å². The van der Waals surface area contributed by atoms with Crippen LogP contribution in [-0.2, 0) is 19.1 Å². The molecule has 0 radical (unpaired) electrons. The minimum atomic E-state index is 0.0686. The van der Waals surface area contributed by atoms with Crippen LogP contribution in [0.25, 0.3) is 11.4 Å². The molecule has 6 nitrogen and oxygen atoms in total. The standard InChI is InChI=1S/C27H27N5O/c1-32-26(29-30-31-32)20-6-9-21(10-7-20)27(17-19-5-8-23(27)16-19)22-11-13-25(14-12-22)33-18-24-4-2-3-15-28-24/h2-4,6-7,9-15,19,23H,5,8,16-18H2,1H3. The number of fused-ring (bicyclic) bond motifs is 2. The summed E-state index contributed by atoms with van der Waals surface area (Å²) in [5.74, 6) is 3.17. The van der Waals surface area contributed by atoms with Crippen molar-refractivity contribution in [1.82, 2.24) is 25.2 Å². The van der Waals surface area contributed by atoms with Gasteiger partial charge in [-0.15, -0.1) is 5.10 Å². The molecule has 2 aliphatic rings. The van der Waals surface area contributed by atoms with Crippen molar-refractivity contribution in [1.29, 1.82) is 0 Å². The van der Waals surface area contributed by atoms with E-state index in [1.807, 2.05) is 25.2 Å². The van der Waals surface area contributed by atoms with E-state index in [1.165, 1.54) is 36.8 Å². The zero-order chi connectivity index (χ0) is 22.3. The van der Waals surface area contributed by atoms with Gasteiger partial charge in [0.15, 0.2) is 5.82 Å². The van der Waals surface area contributed by atoms with Crippen LogP contribution in [0.15, 0.2) is 72.9 Å².